The Hall–Kier alpha value is -2.24. The third-order valence-electron chi connectivity index (χ3n) is 5.51. The van der Waals surface area contributed by atoms with E-state index in [1.807, 2.05) is 12.1 Å². The fraction of sp³-hybridized carbons (Fsp3) is 0.579. The predicted molar refractivity (Wildman–Crippen MR) is 93.2 cm³/mol. The van der Waals surface area contributed by atoms with Crippen LogP contribution in [0.5, 0.6) is 11.5 Å². The number of fused-ring (bicyclic) bond motifs is 2. The van der Waals surface area contributed by atoms with Crippen molar-refractivity contribution in [2.24, 2.45) is 23.3 Å². The Morgan fingerprint density at radius 3 is 2.40 bits per heavy atom. The highest BCUT2D eigenvalue weighted by Gasteiger charge is 2.41. The van der Waals surface area contributed by atoms with Gasteiger partial charge in [-0.1, -0.05) is 6.07 Å². The lowest BCUT2D eigenvalue weighted by Gasteiger charge is -2.26. The van der Waals surface area contributed by atoms with E-state index in [1.54, 1.807) is 13.2 Å². The summed E-state index contributed by atoms with van der Waals surface area (Å²) in [5, 5.41) is 0. The molecule has 6 nitrogen and oxygen atoms in total. The lowest BCUT2D eigenvalue weighted by Crippen LogP contribution is -2.25. The predicted octanol–water partition coefficient (Wildman–Crippen LogP) is 2.10. The standard InChI is InChI=1S/C19H26N2O4/c1-24-14-4-5-15(13(8-18(20)22)9-19(21)23)17(10-14)25-16-7-11-2-3-12(16)6-11/h4-5,10-13,16H,2-3,6-9H2,1H3,(H2,20,22)(H2,21,23). The number of ether oxygens (including phenoxy) is 2. The monoisotopic (exact) mass is 346 g/mol. The Morgan fingerprint density at radius 2 is 1.88 bits per heavy atom. The number of rotatable bonds is 8. The minimum Gasteiger partial charge on any atom is -0.497 e. The zero-order valence-electron chi connectivity index (χ0n) is 14.6. The summed E-state index contributed by atoms with van der Waals surface area (Å²) in [5.41, 5.74) is 11.5. The maximum Gasteiger partial charge on any atom is 0.218 e. The fourth-order valence-corrected chi connectivity index (χ4v) is 4.35. The number of benzene rings is 1. The second-order valence-electron chi connectivity index (χ2n) is 7.27. The summed E-state index contributed by atoms with van der Waals surface area (Å²) < 4.78 is 11.7. The Morgan fingerprint density at radius 1 is 1.16 bits per heavy atom. The molecule has 2 aliphatic carbocycles. The van der Waals surface area contributed by atoms with Crippen molar-refractivity contribution >= 4 is 11.8 Å². The molecule has 2 amide bonds. The summed E-state index contributed by atoms with van der Waals surface area (Å²) in [6, 6.07) is 5.48. The van der Waals surface area contributed by atoms with E-state index in [0.29, 0.717) is 17.4 Å². The van der Waals surface area contributed by atoms with E-state index >= 15 is 0 Å². The second kappa shape index (κ2) is 7.33. The van der Waals surface area contributed by atoms with Gasteiger partial charge in [0.05, 0.1) is 7.11 Å². The number of nitrogens with two attached hydrogens (primary N) is 2. The van der Waals surface area contributed by atoms with Crippen molar-refractivity contribution in [2.75, 3.05) is 7.11 Å². The first kappa shape index (κ1) is 17.6. The van der Waals surface area contributed by atoms with E-state index in [1.165, 1.54) is 19.3 Å². The zero-order chi connectivity index (χ0) is 18.0. The van der Waals surface area contributed by atoms with E-state index in [4.69, 9.17) is 20.9 Å². The molecule has 0 radical (unpaired) electrons. The molecule has 2 bridgehead atoms. The molecule has 0 spiro atoms. The molecular formula is C19H26N2O4. The second-order valence-corrected chi connectivity index (χ2v) is 7.27. The Balaban J connectivity index is 1.88. The van der Waals surface area contributed by atoms with Crippen molar-refractivity contribution in [3.05, 3.63) is 23.8 Å². The van der Waals surface area contributed by atoms with Crippen LogP contribution in [0.15, 0.2) is 18.2 Å². The quantitative estimate of drug-likeness (QED) is 0.752. The molecule has 3 unspecified atom stereocenters. The number of primary amides is 2. The van der Waals surface area contributed by atoms with Gasteiger partial charge in [0.25, 0.3) is 0 Å². The van der Waals surface area contributed by atoms with Crippen LogP contribution in [-0.4, -0.2) is 25.0 Å². The van der Waals surface area contributed by atoms with Gasteiger partial charge in [0.1, 0.15) is 17.6 Å². The number of hydrogen-bond donors (Lipinski definition) is 2. The van der Waals surface area contributed by atoms with Gasteiger partial charge in [-0.3, -0.25) is 9.59 Å². The van der Waals surface area contributed by atoms with E-state index in [9.17, 15) is 9.59 Å². The van der Waals surface area contributed by atoms with Gasteiger partial charge in [0.15, 0.2) is 0 Å². The third kappa shape index (κ3) is 4.06. The lowest BCUT2D eigenvalue weighted by molar-refractivity contribution is -0.119. The minimum atomic E-state index is -0.465. The van der Waals surface area contributed by atoms with Crippen LogP contribution >= 0.6 is 0 Å². The summed E-state index contributed by atoms with van der Waals surface area (Å²) >= 11 is 0. The largest absolute Gasteiger partial charge is 0.497 e. The van der Waals surface area contributed by atoms with Crippen molar-refractivity contribution in [3.63, 3.8) is 0 Å². The molecule has 25 heavy (non-hydrogen) atoms. The molecule has 2 saturated carbocycles. The molecule has 6 heteroatoms. The molecule has 0 aromatic heterocycles. The molecule has 2 aliphatic rings. The number of amides is 2. The first-order valence-electron chi connectivity index (χ1n) is 8.87. The zero-order valence-corrected chi connectivity index (χ0v) is 14.6. The van der Waals surface area contributed by atoms with Crippen LogP contribution in [0.1, 0.15) is 50.0 Å². The smallest absolute Gasteiger partial charge is 0.218 e. The third-order valence-corrected chi connectivity index (χ3v) is 5.51. The van der Waals surface area contributed by atoms with Gasteiger partial charge < -0.3 is 20.9 Å². The van der Waals surface area contributed by atoms with Crippen LogP contribution in [0.2, 0.25) is 0 Å². The van der Waals surface area contributed by atoms with Crippen LogP contribution < -0.4 is 20.9 Å². The molecule has 0 saturated heterocycles. The lowest BCUT2D eigenvalue weighted by atomic mass is 9.90. The molecule has 2 fully saturated rings. The number of hydrogen-bond acceptors (Lipinski definition) is 4. The topological polar surface area (TPSA) is 105 Å². The SMILES string of the molecule is COc1ccc(C(CC(N)=O)CC(N)=O)c(OC2CC3CCC2C3)c1. The first-order valence-corrected chi connectivity index (χ1v) is 8.87. The van der Waals surface area contributed by atoms with Crippen LogP contribution in [0.25, 0.3) is 0 Å². The van der Waals surface area contributed by atoms with Gasteiger partial charge in [-0.15, -0.1) is 0 Å². The fourth-order valence-electron chi connectivity index (χ4n) is 4.35. The maximum atomic E-state index is 11.5. The number of carbonyl (C=O) groups excluding carboxylic acids is 2. The molecule has 3 atom stereocenters. The van der Waals surface area contributed by atoms with Crippen LogP contribution in [0.4, 0.5) is 0 Å². The van der Waals surface area contributed by atoms with Crippen molar-refractivity contribution in [1.29, 1.82) is 0 Å². The van der Waals surface area contributed by atoms with Gasteiger partial charge in [0, 0.05) is 24.8 Å². The molecule has 1 aromatic carbocycles. The highest BCUT2D eigenvalue weighted by atomic mass is 16.5. The highest BCUT2D eigenvalue weighted by molar-refractivity contribution is 5.79. The summed E-state index contributed by atoms with van der Waals surface area (Å²) in [4.78, 5) is 22.9. The summed E-state index contributed by atoms with van der Waals surface area (Å²) in [6.07, 6.45) is 5.10. The number of carbonyl (C=O) groups is 2. The van der Waals surface area contributed by atoms with E-state index in [2.05, 4.69) is 0 Å². The maximum absolute atomic E-state index is 11.5. The molecular weight excluding hydrogens is 320 g/mol. The van der Waals surface area contributed by atoms with Crippen LogP contribution in [0.3, 0.4) is 0 Å². The summed E-state index contributed by atoms with van der Waals surface area (Å²) in [7, 11) is 1.60. The van der Waals surface area contributed by atoms with Crippen molar-refractivity contribution in [3.8, 4) is 11.5 Å². The Bertz CT molecular complexity index is 645. The van der Waals surface area contributed by atoms with Crippen molar-refractivity contribution < 1.29 is 19.1 Å². The number of methoxy groups -OCH3 is 1. The molecule has 136 valence electrons. The molecule has 1 aromatic rings. The van der Waals surface area contributed by atoms with E-state index in [-0.39, 0.29) is 24.9 Å². The van der Waals surface area contributed by atoms with Gasteiger partial charge in [-0.05, 0) is 49.1 Å². The molecule has 0 aliphatic heterocycles. The summed E-state index contributed by atoms with van der Waals surface area (Å²) in [6.45, 7) is 0. The average molecular weight is 346 g/mol. The average Bonchev–Trinajstić information content (AvgIpc) is 3.16. The Labute approximate surface area is 147 Å². The Kier molecular flexibility index (Phi) is 5.16. The van der Waals surface area contributed by atoms with Crippen LogP contribution in [0, 0.1) is 11.8 Å². The highest BCUT2D eigenvalue weighted by Crippen LogP contribution is 2.47. The molecule has 0 heterocycles. The normalized spacial score (nSPS) is 24.5. The first-order chi connectivity index (χ1) is 12.0. The van der Waals surface area contributed by atoms with Gasteiger partial charge in [-0.2, -0.15) is 0 Å². The minimum absolute atomic E-state index is 0.0579. The van der Waals surface area contributed by atoms with E-state index < -0.39 is 11.8 Å². The summed E-state index contributed by atoms with van der Waals surface area (Å²) in [5.74, 6) is 1.39. The van der Waals surface area contributed by atoms with Crippen LogP contribution in [-0.2, 0) is 9.59 Å². The molecule has 3 rings (SSSR count). The van der Waals surface area contributed by atoms with Gasteiger partial charge in [-0.25, -0.2) is 0 Å². The van der Waals surface area contributed by atoms with Gasteiger partial charge in [0.2, 0.25) is 11.8 Å². The van der Waals surface area contributed by atoms with E-state index in [0.717, 1.165) is 17.9 Å². The molecule has 4 N–H and O–H groups in total. The van der Waals surface area contributed by atoms with Crippen molar-refractivity contribution in [1.82, 2.24) is 0 Å². The van der Waals surface area contributed by atoms with Gasteiger partial charge >= 0.3 is 0 Å². The van der Waals surface area contributed by atoms with Crippen molar-refractivity contribution in [2.45, 2.75) is 50.5 Å².